The van der Waals surface area contributed by atoms with Crippen molar-refractivity contribution in [2.45, 2.75) is 144 Å². The quantitative estimate of drug-likeness (QED) is 0.0378. The average Bonchev–Trinajstić information content (AvgIpc) is 3.15. The SMILES string of the molecule is Cc1cc(O[Si](C)(C)C(C)(C)C)cc(C)c1C[C@H](NC(=O)[C@@H](CCN=C(NC(=O)OC(C)(C)C)NC(=O)OC(C)(C)C)NC(=O)OCc1ccccc1)C(=O)OCc1ccccc1. The lowest BCUT2D eigenvalue weighted by atomic mass is 9.95. The van der Waals surface area contributed by atoms with Gasteiger partial charge in [-0.2, -0.15) is 0 Å². The lowest BCUT2D eigenvalue weighted by Gasteiger charge is -2.36. The summed E-state index contributed by atoms with van der Waals surface area (Å²) in [5, 5.41) is 10.2. The first-order valence-corrected chi connectivity index (χ1v) is 23.9. The van der Waals surface area contributed by atoms with Gasteiger partial charge in [-0.1, -0.05) is 81.4 Å². The van der Waals surface area contributed by atoms with Crippen LogP contribution in [0.2, 0.25) is 18.1 Å². The van der Waals surface area contributed by atoms with Crippen molar-refractivity contribution < 1.29 is 47.3 Å². The van der Waals surface area contributed by atoms with E-state index in [1.165, 1.54) is 0 Å². The summed E-state index contributed by atoms with van der Waals surface area (Å²) in [5.41, 5.74) is 2.25. The average molecular weight is 890 g/mol. The number of amides is 4. The molecule has 4 amide bonds. The number of nitrogens with zero attached hydrogens (tertiary/aromatic N) is 1. The number of carbonyl (C=O) groups is 5. The third-order valence-electron chi connectivity index (χ3n) is 9.83. The van der Waals surface area contributed by atoms with Gasteiger partial charge in [0.25, 0.3) is 0 Å². The Morgan fingerprint density at radius 3 is 1.59 bits per heavy atom. The van der Waals surface area contributed by atoms with E-state index in [0.717, 1.165) is 33.6 Å². The van der Waals surface area contributed by atoms with Gasteiger partial charge in [-0.05, 0) is 120 Å². The largest absolute Gasteiger partial charge is 0.543 e. The van der Waals surface area contributed by atoms with E-state index >= 15 is 0 Å². The van der Waals surface area contributed by atoms with Crippen molar-refractivity contribution in [1.29, 1.82) is 0 Å². The van der Waals surface area contributed by atoms with Crippen LogP contribution in [-0.4, -0.2) is 74.3 Å². The fourth-order valence-corrected chi connectivity index (χ4v) is 6.69. The molecule has 3 aromatic rings. The van der Waals surface area contributed by atoms with Crippen molar-refractivity contribution in [3.63, 3.8) is 0 Å². The minimum Gasteiger partial charge on any atom is -0.543 e. The molecule has 0 radical (unpaired) electrons. The van der Waals surface area contributed by atoms with E-state index in [1.807, 2.05) is 62.4 Å². The highest BCUT2D eigenvalue weighted by atomic mass is 28.4. The van der Waals surface area contributed by atoms with Crippen LogP contribution in [0.15, 0.2) is 77.8 Å². The zero-order chi connectivity index (χ0) is 47.2. The first kappa shape index (κ1) is 51.4. The smallest absolute Gasteiger partial charge is 0.414 e. The standard InChI is InChI=1S/C47H67N5O10Si/c1-31-26-35(62-63(12,13)47(9,10)11)27-32(2)36(31)28-38(40(54)58-29-33-20-16-14-17-21-33)49-39(53)37(50-42(55)59-30-34-22-18-15-19-23-34)24-25-48-41(51-43(56)60-45(3,4)5)52-44(57)61-46(6,7)8/h14-23,26-27,37-38H,24-25,28-30H2,1-13H3,(H,49,53)(H,50,55)(H2,48,51,52,56,57)/t37-,38+/m1/s1. The number of hydrogen-bond acceptors (Lipinski definition) is 11. The minimum absolute atomic E-state index is 0.0278. The van der Waals surface area contributed by atoms with Gasteiger partial charge in [-0.3, -0.25) is 20.4 Å². The zero-order valence-electron chi connectivity index (χ0n) is 39.1. The molecule has 0 aliphatic carbocycles. The number of nitrogens with one attached hydrogen (secondary N) is 4. The number of ether oxygens (including phenoxy) is 4. The lowest BCUT2D eigenvalue weighted by Crippen LogP contribution is -2.53. The van der Waals surface area contributed by atoms with E-state index in [9.17, 15) is 24.0 Å². The van der Waals surface area contributed by atoms with Gasteiger partial charge in [-0.15, -0.1) is 0 Å². The van der Waals surface area contributed by atoms with Crippen molar-refractivity contribution in [3.8, 4) is 5.75 Å². The van der Waals surface area contributed by atoms with Gasteiger partial charge in [-0.25, -0.2) is 19.2 Å². The van der Waals surface area contributed by atoms with E-state index in [1.54, 1.807) is 65.8 Å². The molecule has 3 rings (SSSR count). The normalized spacial score (nSPS) is 12.7. The highest BCUT2D eigenvalue weighted by Crippen LogP contribution is 2.38. The highest BCUT2D eigenvalue weighted by molar-refractivity contribution is 6.74. The van der Waals surface area contributed by atoms with E-state index in [2.05, 4.69) is 60.1 Å². The van der Waals surface area contributed by atoms with Crippen LogP contribution in [0.3, 0.4) is 0 Å². The Bertz CT molecular complexity index is 2000. The molecule has 344 valence electrons. The second-order valence-electron chi connectivity index (χ2n) is 18.8. The minimum atomic E-state index is -2.17. The number of rotatable bonds is 15. The predicted octanol–water partition coefficient (Wildman–Crippen LogP) is 8.55. The highest BCUT2D eigenvalue weighted by Gasteiger charge is 2.39. The Morgan fingerprint density at radius 2 is 1.13 bits per heavy atom. The van der Waals surface area contributed by atoms with Gasteiger partial charge in [0.2, 0.25) is 20.2 Å². The van der Waals surface area contributed by atoms with Crippen molar-refractivity contribution in [3.05, 3.63) is 101 Å². The molecule has 0 heterocycles. The van der Waals surface area contributed by atoms with Crippen LogP contribution in [0.25, 0.3) is 0 Å². The number of carbonyl (C=O) groups excluding carboxylic acids is 5. The van der Waals surface area contributed by atoms with Gasteiger partial charge in [0.05, 0.1) is 0 Å². The van der Waals surface area contributed by atoms with Crippen LogP contribution in [0.5, 0.6) is 5.75 Å². The maximum atomic E-state index is 14.3. The summed E-state index contributed by atoms with van der Waals surface area (Å²) < 4.78 is 28.5. The lowest BCUT2D eigenvalue weighted by molar-refractivity contribution is -0.149. The van der Waals surface area contributed by atoms with E-state index < -0.39 is 61.8 Å². The van der Waals surface area contributed by atoms with Crippen LogP contribution in [0, 0.1) is 13.8 Å². The summed E-state index contributed by atoms with van der Waals surface area (Å²) in [6, 6.07) is 19.5. The zero-order valence-corrected chi connectivity index (χ0v) is 40.1. The van der Waals surface area contributed by atoms with Crippen LogP contribution >= 0.6 is 0 Å². The third-order valence-corrected chi connectivity index (χ3v) is 14.2. The Morgan fingerprint density at radius 1 is 0.651 bits per heavy atom. The summed E-state index contributed by atoms with van der Waals surface area (Å²) in [6.07, 6.45) is -2.84. The molecule has 63 heavy (non-hydrogen) atoms. The van der Waals surface area contributed by atoms with E-state index in [4.69, 9.17) is 23.4 Å². The molecule has 0 aliphatic rings. The van der Waals surface area contributed by atoms with Gasteiger partial charge >= 0.3 is 24.2 Å². The Kier molecular flexibility index (Phi) is 18.3. The number of alkyl carbamates (subject to hydrolysis) is 3. The molecule has 0 aliphatic heterocycles. The molecule has 3 aromatic carbocycles. The third kappa shape index (κ3) is 18.5. The van der Waals surface area contributed by atoms with Gasteiger partial charge < -0.3 is 34.0 Å². The fourth-order valence-electron chi connectivity index (χ4n) is 5.67. The number of guanidine groups is 1. The molecule has 0 unspecified atom stereocenters. The molecule has 0 fully saturated rings. The molecule has 0 saturated heterocycles. The van der Waals surface area contributed by atoms with Crippen molar-refractivity contribution in [2.24, 2.45) is 4.99 Å². The predicted molar refractivity (Wildman–Crippen MR) is 245 cm³/mol. The molecular weight excluding hydrogens is 823 g/mol. The van der Waals surface area contributed by atoms with Crippen LogP contribution < -0.4 is 25.7 Å². The number of aliphatic imine (C=N–C) groups is 1. The number of hydrogen-bond donors (Lipinski definition) is 4. The molecule has 0 bridgehead atoms. The summed E-state index contributed by atoms with van der Waals surface area (Å²) >= 11 is 0. The monoisotopic (exact) mass is 889 g/mol. The van der Waals surface area contributed by atoms with Crippen LogP contribution in [-0.2, 0) is 48.2 Å². The van der Waals surface area contributed by atoms with Crippen LogP contribution in [0.4, 0.5) is 14.4 Å². The second kappa shape index (κ2) is 22.4. The molecule has 15 nitrogen and oxygen atoms in total. The molecule has 0 saturated carbocycles. The number of esters is 1. The fraction of sp³-hybridized carbons (Fsp3) is 0.489. The summed E-state index contributed by atoms with van der Waals surface area (Å²) in [6.45, 7) is 24.4. The summed E-state index contributed by atoms with van der Waals surface area (Å²) in [7, 11) is -2.17. The van der Waals surface area contributed by atoms with E-state index in [-0.39, 0.29) is 43.6 Å². The topological polar surface area (TPSA) is 192 Å². The molecule has 0 spiro atoms. The molecule has 2 atom stereocenters. The molecular formula is C47H67N5O10Si. The maximum Gasteiger partial charge on any atom is 0.414 e. The van der Waals surface area contributed by atoms with Gasteiger partial charge in [0.1, 0.15) is 42.2 Å². The Balaban J connectivity index is 1.97. The van der Waals surface area contributed by atoms with Gasteiger partial charge in [0, 0.05) is 13.0 Å². The van der Waals surface area contributed by atoms with Crippen molar-refractivity contribution in [1.82, 2.24) is 21.3 Å². The van der Waals surface area contributed by atoms with Gasteiger partial charge in [0.15, 0.2) is 0 Å². The molecule has 0 aromatic heterocycles. The van der Waals surface area contributed by atoms with Crippen LogP contribution in [0.1, 0.15) is 96.6 Å². The Hall–Kier alpha value is -5.90. The van der Waals surface area contributed by atoms with E-state index in [0.29, 0.717) is 0 Å². The second-order valence-corrected chi connectivity index (χ2v) is 23.5. The van der Waals surface area contributed by atoms with Crippen molar-refractivity contribution >= 4 is 44.4 Å². The van der Waals surface area contributed by atoms with Crippen molar-refractivity contribution in [2.75, 3.05) is 6.54 Å². The maximum absolute atomic E-state index is 14.3. The number of benzene rings is 3. The molecule has 4 N–H and O–H groups in total. The Labute approximate surface area is 373 Å². The first-order chi connectivity index (χ1) is 29.2. The molecule has 16 heteroatoms. The summed E-state index contributed by atoms with van der Waals surface area (Å²) in [5.74, 6) is -1.02. The summed E-state index contributed by atoms with van der Waals surface area (Å²) in [4.78, 5) is 71.3. The number of aryl methyl sites for hydroxylation is 2. The first-order valence-electron chi connectivity index (χ1n) is 21.0.